The van der Waals surface area contributed by atoms with Crippen molar-refractivity contribution in [1.82, 2.24) is 15.1 Å². The van der Waals surface area contributed by atoms with Crippen LogP contribution < -0.4 is 5.32 Å². The summed E-state index contributed by atoms with van der Waals surface area (Å²) in [5.74, 6) is 1.14. The summed E-state index contributed by atoms with van der Waals surface area (Å²) in [7, 11) is 2.07. The number of thioether (sulfide) groups is 1. The maximum Gasteiger partial charge on any atom is 0.253 e. The van der Waals surface area contributed by atoms with Gasteiger partial charge in [0.25, 0.3) is 5.91 Å². The molecule has 0 saturated carbocycles. The summed E-state index contributed by atoms with van der Waals surface area (Å²) in [4.78, 5) is 28.8. The molecule has 0 spiro atoms. The number of amides is 2. The molecular weight excluding hydrogens is 396 g/mol. The molecule has 1 heterocycles. The normalized spacial score (nSPS) is 14.2. The smallest absolute Gasteiger partial charge is 0.253 e. The first-order valence-corrected chi connectivity index (χ1v) is 11.1. The van der Waals surface area contributed by atoms with Gasteiger partial charge in [-0.1, -0.05) is 24.3 Å². The molecule has 0 radical (unpaired) electrons. The molecule has 1 saturated heterocycles. The minimum absolute atomic E-state index is 0.0220. The zero-order valence-electron chi connectivity index (χ0n) is 17.1. The SMILES string of the molecule is CN1CCN(C(=O)c2ccc(CNC(=O)CSCc3ccc(C#N)cc3)cc2)CC1. The molecule has 0 aromatic heterocycles. The van der Waals surface area contributed by atoms with Gasteiger partial charge in [-0.05, 0) is 42.4 Å². The first-order chi connectivity index (χ1) is 14.5. The maximum absolute atomic E-state index is 12.6. The van der Waals surface area contributed by atoms with E-state index >= 15 is 0 Å². The highest BCUT2D eigenvalue weighted by Crippen LogP contribution is 2.13. The van der Waals surface area contributed by atoms with E-state index in [1.165, 1.54) is 11.8 Å². The molecule has 0 unspecified atom stereocenters. The molecule has 2 aromatic carbocycles. The quantitative estimate of drug-likeness (QED) is 0.742. The number of likely N-dealkylation sites (N-methyl/N-ethyl adjacent to an activating group) is 1. The predicted molar refractivity (Wildman–Crippen MR) is 119 cm³/mol. The van der Waals surface area contributed by atoms with E-state index in [0.717, 1.165) is 43.1 Å². The number of nitrogens with zero attached hydrogens (tertiary/aromatic N) is 3. The summed E-state index contributed by atoms with van der Waals surface area (Å²) in [5, 5.41) is 11.7. The fourth-order valence-electron chi connectivity index (χ4n) is 3.15. The van der Waals surface area contributed by atoms with Crippen LogP contribution in [0.1, 0.15) is 27.0 Å². The first kappa shape index (κ1) is 21.9. The molecule has 2 amide bonds. The van der Waals surface area contributed by atoms with E-state index in [-0.39, 0.29) is 11.8 Å². The molecule has 0 bridgehead atoms. The summed E-state index contributed by atoms with van der Waals surface area (Å²) in [6.07, 6.45) is 0. The van der Waals surface area contributed by atoms with Gasteiger partial charge in [0.05, 0.1) is 17.4 Å². The van der Waals surface area contributed by atoms with E-state index in [1.54, 1.807) is 12.1 Å². The van der Waals surface area contributed by atoms with E-state index in [0.29, 0.717) is 23.4 Å². The fraction of sp³-hybridized carbons (Fsp3) is 0.348. The Labute approximate surface area is 181 Å². The summed E-state index contributed by atoms with van der Waals surface area (Å²) < 4.78 is 0. The van der Waals surface area contributed by atoms with Crippen molar-refractivity contribution in [2.24, 2.45) is 0 Å². The zero-order valence-corrected chi connectivity index (χ0v) is 18.0. The van der Waals surface area contributed by atoms with Crippen molar-refractivity contribution < 1.29 is 9.59 Å². The summed E-state index contributed by atoms with van der Waals surface area (Å²) in [6, 6.07) is 17.0. The number of hydrogen-bond acceptors (Lipinski definition) is 5. The highest BCUT2D eigenvalue weighted by atomic mass is 32.2. The van der Waals surface area contributed by atoms with Crippen molar-refractivity contribution in [1.29, 1.82) is 5.26 Å². The third-order valence-corrected chi connectivity index (χ3v) is 6.07. The fourth-order valence-corrected chi connectivity index (χ4v) is 3.96. The third kappa shape index (κ3) is 6.34. The second-order valence-corrected chi connectivity index (χ2v) is 8.36. The Hall–Kier alpha value is -2.82. The van der Waals surface area contributed by atoms with Gasteiger partial charge in [-0.25, -0.2) is 0 Å². The van der Waals surface area contributed by atoms with Crippen LogP contribution in [0.25, 0.3) is 0 Å². The summed E-state index contributed by atoms with van der Waals surface area (Å²) >= 11 is 1.54. The average Bonchev–Trinajstić information content (AvgIpc) is 2.78. The molecule has 1 fully saturated rings. The monoisotopic (exact) mass is 422 g/mol. The number of nitrogens with one attached hydrogen (secondary N) is 1. The highest BCUT2D eigenvalue weighted by molar-refractivity contribution is 7.99. The van der Waals surface area contributed by atoms with Crippen molar-refractivity contribution in [2.45, 2.75) is 12.3 Å². The number of hydrogen-bond donors (Lipinski definition) is 1. The van der Waals surface area contributed by atoms with Crippen molar-refractivity contribution in [2.75, 3.05) is 39.0 Å². The first-order valence-electron chi connectivity index (χ1n) is 9.95. The molecule has 3 rings (SSSR count). The number of benzene rings is 2. The van der Waals surface area contributed by atoms with Gasteiger partial charge < -0.3 is 15.1 Å². The van der Waals surface area contributed by atoms with Crippen molar-refractivity contribution >= 4 is 23.6 Å². The van der Waals surface area contributed by atoms with E-state index in [9.17, 15) is 9.59 Å². The van der Waals surface area contributed by atoms with Gasteiger partial charge in [-0.2, -0.15) is 5.26 Å². The molecule has 1 N–H and O–H groups in total. The van der Waals surface area contributed by atoms with Crippen LogP contribution >= 0.6 is 11.8 Å². The number of piperazine rings is 1. The Bertz CT molecular complexity index is 898. The Morgan fingerprint density at radius 1 is 1.00 bits per heavy atom. The van der Waals surface area contributed by atoms with Gasteiger partial charge in [0.1, 0.15) is 0 Å². The number of nitriles is 1. The van der Waals surface area contributed by atoms with Crippen LogP contribution in [0.2, 0.25) is 0 Å². The summed E-state index contributed by atoms with van der Waals surface area (Å²) in [5.41, 5.74) is 3.38. The Morgan fingerprint density at radius 2 is 1.63 bits per heavy atom. The number of rotatable bonds is 7. The Morgan fingerprint density at radius 3 is 2.27 bits per heavy atom. The van der Waals surface area contributed by atoms with Crippen LogP contribution in [0.5, 0.6) is 0 Å². The van der Waals surface area contributed by atoms with Gasteiger partial charge in [-0.15, -0.1) is 11.8 Å². The molecule has 30 heavy (non-hydrogen) atoms. The lowest BCUT2D eigenvalue weighted by molar-refractivity contribution is -0.118. The van der Waals surface area contributed by atoms with Gasteiger partial charge >= 0.3 is 0 Å². The van der Waals surface area contributed by atoms with E-state index in [2.05, 4.69) is 23.3 Å². The number of carbonyl (C=O) groups is 2. The van der Waals surface area contributed by atoms with Crippen LogP contribution in [0, 0.1) is 11.3 Å². The highest BCUT2D eigenvalue weighted by Gasteiger charge is 2.20. The zero-order chi connectivity index (χ0) is 21.3. The molecule has 2 aromatic rings. The van der Waals surface area contributed by atoms with E-state index in [1.807, 2.05) is 41.3 Å². The second-order valence-electron chi connectivity index (χ2n) is 7.37. The van der Waals surface area contributed by atoms with E-state index < -0.39 is 0 Å². The third-order valence-electron chi connectivity index (χ3n) is 5.07. The van der Waals surface area contributed by atoms with Gasteiger partial charge in [-0.3, -0.25) is 9.59 Å². The van der Waals surface area contributed by atoms with Crippen molar-refractivity contribution in [3.05, 3.63) is 70.8 Å². The van der Waals surface area contributed by atoms with Crippen LogP contribution in [-0.2, 0) is 17.1 Å². The summed E-state index contributed by atoms with van der Waals surface area (Å²) in [6.45, 7) is 3.76. The molecular formula is C23H26N4O2S. The van der Waals surface area contributed by atoms with Crippen LogP contribution in [0.15, 0.2) is 48.5 Å². The molecule has 0 atom stereocenters. The molecule has 6 nitrogen and oxygen atoms in total. The topological polar surface area (TPSA) is 76.4 Å². The molecule has 156 valence electrons. The molecule has 1 aliphatic rings. The standard InChI is InChI=1S/C23H26N4O2S/c1-26-10-12-27(13-11-26)23(29)21-8-6-19(7-9-21)15-25-22(28)17-30-16-20-4-2-18(14-24)3-5-20/h2-9H,10-13,15-17H2,1H3,(H,25,28). The minimum Gasteiger partial charge on any atom is -0.351 e. The molecule has 1 aliphatic heterocycles. The second kappa shape index (κ2) is 10.8. The largest absolute Gasteiger partial charge is 0.351 e. The molecule has 7 heteroatoms. The van der Waals surface area contributed by atoms with E-state index in [4.69, 9.17) is 5.26 Å². The lowest BCUT2D eigenvalue weighted by Gasteiger charge is -2.32. The average molecular weight is 423 g/mol. The van der Waals surface area contributed by atoms with Gasteiger partial charge in [0.15, 0.2) is 0 Å². The maximum atomic E-state index is 12.6. The van der Waals surface area contributed by atoms with Gasteiger partial charge in [0, 0.05) is 44.0 Å². The van der Waals surface area contributed by atoms with Crippen LogP contribution in [-0.4, -0.2) is 60.6 Å². The van der Waals surface area contributed by atoms with Crippen LogP contribution in [0.4, 0.5) is 0 Å². The minimum atomic E-state index is -0.0220. The number of carbonyl (C=O) groups excluding carboxylic acids is 2. The molecule has 0 aliphatic carbocycles. The van der Waals surface area contributed by atoms with Crippen LogP contribution in [0.3, 0.4) is 0 Å². The predicted octanol–water partition coefficient (Wildman–Crippen LogP) is 2.50. The van der Waals surface area contributed by atoms with Crippen molar-refractivity contribution in [3.63, 3.8) is 0 Å². The Kier molecular flexibility index (Phi) is 7.89. The van der Waals surface area contributed by atoms with Gasteiger partial charge in [0.2, 0.25) is 5.91 Å². The van der Waals surface area contributed by atoms with Crippen molar-refractivity contribution in [3.8, 4) is 6.07 Å². The lowest BCUT2D eigenvalue weighted by atomic mass is 10.1. The lowest BCUT2D eigenvalue weighted by Crippen LogP contribution is -2.47. The Balaban J connectivity index is 1.39.